The predicted molar refractivity (Wildman–Crippen MR) is 109 cm³/mol. The van der Waals surface area contributed by atoms with Crippen molar-refractivity contribution in [2.24, 2.45) is 17.3 Å². The van der Waals surface area contributed by atoms with E-state index in [1.807, 2.05) is 6.07 Å². The van der Waals surface area contributed by atoms with Crippen molar-refractivity contribution in [2.75, 3.05) is 24.6 Å². The first-order valence-electron chi connectivity index (χ1n) is 10.9. The fourth-order valence-electron chi connectivity index (χ4n) is 8.80. The molecule has 5 nitrogen and oxygen atoms in total. The van der Waals surface area contributed by atoms with Crippen molar-refractivity contribution in [3.63, 3.8) is 0 Å². The zero-order chi connectivity index (χ0) is 20.2. The summed E-state index contributed by atoms with van der Waals surface area (Å²) in [5, 5.41) is 0. The Labute approximate surface area is 171 Å². The lowest BCUT2D eigenvalue weighted by Crippen LogP contribution is -2.66. The molecule has 2 saturated carbocycles. The van der Waals surface area contributed by atoms with Gasteiger partial charge in [-0.2, -0.15) is 0 Å². The summed E-state index contributed by atoms with van der Waals surface area (Å²) >= 11 is 0. The van der Waals surface area contributed by atoms with Crippen LogP contribution in [0, 0.1) is 17.3 Å². The largest absolute Gasteiger partial charge is 0.465 e. The molecular formula is C24H28N2O3. The number of para-hydroxylation sites is 1. The Kier molecular flexibility index (Phi) is 3.24. The number of amides is 1. The highest BCUT2D eigenvalue weighted by atomic mass is 16.5. The van der Waals surface area contributed by atoms with Gasteiger partial charge in [0.15, 0.2) is 0 Å². The molecule has 1 amide bonds. The van der Waals surface area contributed by atoms with E-state index in [1.54, 1.807) is 6.92 Å². The third kappa shape index (κ3) is 1.64. The highest BCUT2D eigenvalue weighted by Crippen LogP contribution is 2.80. The summed E-state index contributed by atoms with van der Waals surface area (Å²) in [6, 6.07) is 8.96. The number of rotatable bonds is 2. The number of benzene rings is 1. The fraction of sp³-hybridized carbons (Fsp3) is 0.583. The van der Waals surface area contributed by atoms with Gasteiger partial charge in [-0.05, 0) is 36.9 Å². The van der Waals surface area contributed by atoms with E-state index in [0.29, 0.717) is 18.6 Å². The van der Waals surface area contributed by atoms with Crippen molar-refractivity contribution in [1.29, 1.82) is 0 Å². The maximum Gasteiger partial charge on any atom is 0.302 e. The summed E-state index contributed by atoms with van der Waals surface area (Å²) in [4.78, 5) is 29.7. The molecule has 6 rings (SSSR count). The van der Waals surface area contributed by atoms with Gasteiger partial charge in [-0.1, -0.05) is 37.3 Å². The van der Waals surface area contributed by atoms with Crippen LogP contribution in [0.3, 0.4) is 0 Å². The molecule has 5 aliphatic rings. The van der Waals surface area contributed by atoms with Crippen LogP contribution in [0.15, 0.2) is 36.4 Å². The monoisotopic (exact) mass is 392 g/mol. The minimum absolute atomic E-state index is 0.0286. The number of nitrogens with zero attached hydrogens (tertiary/aromatic N) is 2. The zero-order valence-electron chi connectivity index (χ0n) is 17.4. The first-order valence-corrected chi connectivity index (χ1v) is 10.9. The molecule has 3 heterocycles. The Hall–Kier alpha value is -2.14. The number of hydrogen-bond donors (Lipinski definition) is 0. The van der Waals surface area contributed by atoms with E-state index in [-0.39, 0.29) is 34.2 Å². The Morgan fingerprint density at radius 2 is 2.03 bits per heavy atom. The van der Waals surface area contributed by atoms with Crippen LogP contribution in [0.2, 0.25) is 0 Å². The van der Waals surface area contributed by atoms with E-state index in [2.05, 4.69) is 47.1 Å². The summed E-state index contributed by atoms with van der Waals surface area (Å²) in [5.74, 6) is 0.303. The second-order valence-electron chi connectivity index (χ2n) is 9.76. The number of hydrogen-bond acceptors (Lipinski definition) is 4. The van der Waals surface area contributed by atoms with Crippen molar-refractivity contribution in [3.05, 3.63) is 42.0 Å². The standard InChI is InChI=1S/C24H28N2O3/c1-15-22-9-6-11-25-12-10-23(21(22)25)19-7-4-5-8-20(19)26(16(2)27)24(15,23)18(13-22)14-29-17(3)28/h4-9,15,18,21H,10-14H2,1-3H3/t15-,18+,21+,22+,23-,24-/m1/s1. The summed E-state index contributed by atoms with van der Waals surface area (Å²) in [6.45, 7) is 7.98. The predicted octanol–water partition coefficient (Wildman–Crippen LogP) is 2.89. The number of anilines is 1. The zero-order valence-corrected chi connectivity index (χ0v) is 17.4. The second kappa shape index (κ2) is 5.31. The molecule has 0 aromatic heterocycles. The van der Waals surface area contributed by atoms with Gasteiger partial charge in [-0.25, -0.2) is 0 Å². The number of carbonyl (C=O) groups is 2. The van der Waals surface area contributed by atoms with Gasteiger partial charge >= 0.3 is 5.97 Å². The second-order valence-corrected chi connectivity index (χ2v) is 9.76. The minimum atomic E-state index is -0.341. The molecule has 152 valence electrons. The molecule has 5 heteroatoms. The van der Waals surface area contributed by atoms with Crippen LogP contribution in [0.4, 0.5) is 5.69 Å². The lowest BCUT2D eigenvalue weighted by Gasteiger charge is -2.53. The van der Waals surface area contributed by atoms with Gasteiger partial charge in [0.1, 0.15) is 0 Å². The molecule has 0 unspecified atom stereocenters. The van der Waals surface area contributed by atoms with Crippen LogP contribution in [0.5, 0.6) is 0 Å². The Bertz CT molecular complexity index is 973. The number of fused-ring (bicyclic) bond motifs is 1. The van der Waals surface area contributed by atoms with Crippen molar-refractivity contribution in [3.8, 4) is 0 Å². The molecule has 1 aromatic rings. The molecule has 3 fully saturated rings. The summed E-state index contributed by atoms with van der Waals surface area (Å²) < 4.78 is 5.62. The molecule has 0 N–H and O–H groups in total. The first kappa shape index (κ1) is 17.7. The van der Waals surface area contributed by atoms with Crippen LogP contribution in [0.25, 0.3) is 0 Å². The molecule has 1 saturated heterocycles. The van der Waals surface area contributed by atoms with Gasteiger partial charge in [0.25, 0.3) is 0 Å². The quantitative estimate of drug-likeness (QED) is 0.574. The third-order valence-corrected chi connectivity index (χ3v) is 9.10. The van der Waals surface area contributed by atoms with Crippen molar-refractivity contribution in [1.82, 2.24) is 4.90 Å². The number of ether oxygens (including phenoxy) is 1. The van der Waals surface area contributed by atoms with Crippen LogP contribution in [0.1, 0.15) is 39.2 Å². The summed E-state index contributed by atoms with van der Waals surface area (Å²) in [5.41, 5.74) is 2.00. The van der Waals surface area contributed by atoms with Crippen LogP contribution in [-0.4, -0.2) is 48.1 Å². The summed E-state index contributed by atoms with van der Waals surface area (Å²) in [6.07, 6.45) is 6.82. The van der Waals surface area contributed by atoms with E-state index >= 15 is 0 Å². The molecule has 6 atom stereocenters. The van der Waals surface area contributed by atoms with E-state index in [1.165, 1.54) is 12.5 Å². The minimum Gasteiger partial charge on any atom is -0.465 e. The van der Waals surface area contributed by atoms with E-state index in [0.717, 1.165) is 31.6 Å². The molecule has 1 aromatic carbocycles. The lowest BCUT2D eigenvalue weighted by molar-refractivity contribution is -0.143. The number of carbonyl (C=O) groups excluding carboxylic acids is 2. The van der Waals surface area contributed by atoms with Gasteiger partial charge in [0.2, 0.25) is 5.91 Å². The topological polar surface area (TPSA) is 49.9 Å². The normalized spacial score (nSPS) is 43.3. The molecule has 2 aliphatic carbocycles. The first-order chi connectivity index (χ1) is 13.9. The van der Waals surface area contributed by atoms with Crippen molar-refractivity contribution >= 4 is 17.6 Å². The van der Waals surface area contributed by atoms with Gasteiger partial charge in [-0.15, -0.1) is 0 Å². The lowest BCUT2D eigenvalue weighted by atomic mass is 9.57. The van der Waals surface area contributed by atoms with E-state index < -0.39 is 0 Å². The van der Waals surface area contributed by atoms with Crippen LogP contribution >= 0.6 is 0 Å². The Morgan fingerprint density at radius 3 is 2.79 bits per heavy atom. The number of esters is 1. The van der Waals surface area contributed by atoms with Crippen LogP contribution < -0.4 is 4.90 Å². The molecule has 3 aliphatic heterocycles. The van der Waals surface area contributed by atoms with E-state index in [4.69, 9.17) is 4.74 Å². The van der Waals surface area contributed by atoms with Gasteiger partial charge < -0.3 is 9.64 Å². The summed E-state index contributed by atoms with van der Waals surface area (Å²) in [7, 11) is 0. The fourth-order valence-corrected chi connectivity index (χ4v) is 8.80. The van der Waals surface area contributed by atoms with Crippen LogP contribution in [-0.2, 0) is 19.7 Å². The van der Waals surface area contributed by atoms with Gasteiger partial charge in [0.05, 0.1) is 12.1 Å². The average Bonchev–Trinajstić information content (AvgIpc) is 3.34. The van der Waals surface area contributed by atoms with Gasteiger partial charge in [0, 0.05) is 48.9 Å². The van der Waals surface area contributed by atoms with Crippen molar-refractivity contribution in [2.45, 2.75) is 50.6 Å². The van der Waals surface area contributed by atoms with Gasteiger partial charge in [-0.3, -0.25) is 14.5 Å². The highest BCUT2D eigenvalue weighted by molar-refractivity contribution is 5.98. The molecule has 0 radical (unpaired) electrons. The Balaban J connectivity index is 1.67. The maximum atomic E-state index is 13.2. The van der Waals surface area contributed by atoms with E-state index in [9.17, 15) is 9.59 Å². The highest BCUT2D eigenvalue weighted by Gasteiger charge is 2.86. The third-order valence-electron chi connectivity index (χ3n) is 9.10. The molecule has 2 bridgehead atoms. The SMILES string of the molecule is CC(=O)OC[C@@H]1C[C@@]23C=CCN4CC[C@@]5(c6ccccc6N(C(C)=O)[C@]15[C@@H]2C)[C@@H]43. The average molecular weight is 392 g/mol. The Morgan fingerprint density at radius 1 is 1.24 bits per heavy atom. The smallest absolute Gasteiger partial charge is 0.302 e. The maximum absolute atomic E-state index is 13.2. The molecule has 29 heavy (non-hydrogen) atoms. The molecular weight excluding hydrogens is 364 g/mol. The van der Waals surface area contributed by atoms with Crippen molar-refractivity contribution < 1.29 is 14.3 Å². The molecule has 3 spiro atoms.